The minimum absolute atomic E-state index is 0.0183. The van der Waals surface area contributed by atoms with Crippen LogP contribution in [0.5, 0.6) is 17.2 Å². The quantitative estimate of drug-likeness (QED) is 0.137. The highest BCUT2D eigenvalue weighted by Gasteiger charge is 2.66. The second-order valence-electron chi connectivity index (χ2n) is 13.3. The summed E-state index contributed by atoms with van der Waals surface area (Å²) in [5.41, 5.74) is 3.38. The average Bonchev–Trinajstić information content (AvgIpc) is 3.31. The largest absolute Gasteiger partial charge is 0.508 e. The van der Waals surface area contributed by atoms with Crippen LogP contribution in [0.4, 0.5) is 0 Å². The van der Waals surface area contributed by atoms with E-state index < -0.39 is 0 Å². The number of unbranched alkanes of at least 4 members (excludes halogenated alkanes) is 3. The molecule has 2 aliphatic heterocycles. The molecule has 0 unspecified atom stereocenters. The zero-order valence-corrected chi connectivity index (χ0v) is 25.7. The van der Waals surface area contributed by atoms with Gasteiger partial charge in [0.05, 0.1) is 0 Å². The summed E-state index contributed by atoms with van der Waals surface area (Å²) < 4.78 is 12.7. The first kappa shape index (κ1) is 29.3. The fraction of sp³-hybridized carbons (Fsp3) is 0.583. The Morgan fingerprint density at radius 2 is 2.00 bits per heavy atom. The predicted octanol–water partition coefficient (Wildman–Crippen LogP) is 6.42. The number of aryl methyl sites for hydroxylation is 1. The lowest BCUT2D eigenvalue weighted by molar-refractivity contribution is -0.132. The van der Waals surface area contributed by atoms with Gasteiger partial charge >= 0.3 is 5.97 Å². The SMILES string of the molecule is C=CCN1CC[C@]23c4c5c(O)cc(OC(C)=O)c4O[C@H]2[C@@H](N(CCCCCCc2ccccc2)C(C)C)CC[C@H]3[C@H]1C5. The monoisotopic (exact) mass is 572 g/mol. The molecule has 2 aromatic rings. The van der Waals surface area contributed by atoms with E-state index in [-0.39, 0.29) is 29.3 Å². The fourth-order valence-electron chi connectivity index (χ4n) is 9.04. The van der Waals surface area contributed by atoms with Gasteiger partial charge in [-0.3, -0.25) is 14.6 Å². The van der Waals surface area contributed by atoms with Gasteiger partial charge < -0.3 is 14.6 Å². The van der Waals surface area contributed by atoms with Crippen LogP contribution in [-0.2, 0) is 23.1 Å². The Morgan fingerprint density at radius 1 is 1.21 bits per heavy atom. The first-order valence-corrected chi connectivity index (χ1v) is 16.2. The second-order valence-corrected chi connectivity index (χ2v) is 13.3. The van der Waals surface area contributed by atoms with E-state index in [1.54, 1.807) is 6.07 Å². The third-order valence-electron chi connectivity index (χ3n) is 10.7. The Labute approximate surface area is 251 Å². The number of benzene rings is 2. The first-order valence-electron chi connectivity index (χ1n) is 16.2. The van der Waals surface area contributed by atoms with Crippen molar-refractivity contribution in [3.63, 3.8) is 0 Å². The number of carbonyl (C=O) groups excluding carboxylic acids is 1. The molecule has 2 fully saturated rings. The van der Waals surface area contributed by atoms with Crippen LogP contribution in [-0.4, -0.2) is 64.7 Å². The number of hydrogen-bond acceptors (Lipinski definition) is 6. The number of aromatic hydroxyl groups is 1. The number of likely N-dealkylation sites (tertiary alicyclic amines) is 1. The topological polar surface area (TPSA) is 62.2 Å². The highest BCUT2D eigenvalue weighted by atomic mass is 16.6. The van der Waals surface area contributed by atoms with Crippen molar-refractivity contribution in [1.29, 1.82) is 0 Å². The Morgan fingerprint density at radius 3 is 2.74 bits per heavy atom. The van der Waals surface area contributed by atoms with Gasteiger partial charge in [-0.1, -0.05) is 49.2 Å². The molecular formula is C36H48N2O4. The van der Waals surface area contributed by atoms with E-state index >= 15 is 0 Å². The highest BCUT2D eigenvalue weighted by molar-refractivity contribution is 5.73. The molecule has 1 saturated heterocycles. The van der Waals surface area contributed by atoms with E-state index in [9.17, 15) is 9.90 Å². The van der Waals surface area contributed by atoms with Gasteiger partial charge in [0.1, 0.15) is 11.9 Å². The van der Waals surface area contributed by atoms with Gasteiger partial charge in [-0.15, -0.1) is 6.58 Å². The van der Waals surface area contributed by atoms with E-state index in [4.69, 9.17) is 9.47 Å². The molecule has 1 spiro atoms. The number of esters is 1. The normalized spacial score (nSPS) is 27.5. The summed E-state index contributed by atoms with van der Waals surface area (Å²) in [5.74, 6) is 1.37. The molecule has 6 heteroatoms. The van der Waals surface area contributed by atoms with Crippen molar-refractivity contribution >= 4 is 5.97 Å². The maximum absolute atomic E-state index is 12.1. The van der Waals surface area contributed by atoms with Gasteiger partial charge in [0.15, 0.2) is 11.5 Å². The Kier molecular flexibility index (Phi) is 8.39. The highest BCUT2D eigenvalue weighted by Crippen LogP contribution is 2.65. The molecule has 0 radical (unpaired) electrons. The van der Waals surface area contributed by atoms with Crippen molar-refractivity contribution in [2.75, 3.05) is 19.6 Å². The molecular weight excluding hydrogens is 524 g/mol. The maximum atomic E-state index is 12.1. The molecule has 2 aliphatic carbocycles. The van der Waals surface area contributed by atoms with Crippen LogP contribution < -0.4 is 9.47 Å². The van der Waals surface area contributed by atoms with Crippen LogP contribution >= 0.6 is 0 Å². The fourth-order valence-corrected chi connectivity index (χ4v) is 9.04. The van der Waals surface area contributed by atoms with E-state index in [1.807, 2.05) is 6.08 Å². The number of phenols is 1. The van der Waals surface area contributed by atoms with Gasteiger partial charge in [0.25, 0.3) is 0 Å². The molecule has 2 aromatic carbocycles. The molecule has 2 bridgehead atoms. The van der Waals surface area contributed by atoms with Crippen molar-refractivity contribution in [3.8, 4) is 17.2 Å². The van der Waals surface area contributed by atoms with Crippen molar-refractivity contribution in [2.24, 2.45) is 5.92 Å². The van der Waals surface area contributed by atoms with Crippen molar-refractivity contribution < 1.29 is 19.4 Å². The zero-order valence-electron chi connectivity index (χ0n) is 25.7. The average molecular weight is 573 g/mol. The summed E-state index contributed by atoms with van der Waals surface area (Å²) in [6.07, 6.45) is 12.1. The number of hydrogen-bond donors (Lipinski definition) is 1. The molecule has 1 saturated carbocycles. The molecule has 0 amide bonds. The van der Waals surface area contributed by atoms with Crippen LogP contribution in [0.15, 0.2) is 49.1 Å². The molecule has 0 aromatic heterocycles. The van der Waals surface area contributed by atoms with E-state index in [2.05, 4.69) is 60.6 Å². The lowest BCUT2D eigenvalue weighted by Gasteiger charge is -2.60. The molecule has 1 N–H and O–H groups in total. The van der Waals surface area contributed by atoms with Crippen LogP contribution in [0.2, 0.25) is 0 Å². The van der Waals surface area contributed by atoms with Crippen LogP contribution in [0.1, 0.15) is 82.4 Å². The van der Waals surface area contributed by atoms with Crippen LogP contribution in [0, 0.1) is 5.92 Å². The zero-order chi connectivity index (χ0) is 29.4. The van der Waals surface area contributed by atoms with Crippen molar-refractivity contribution in [3.05, 3.63) is 65.7 Å². The minimum Gasteiger partial charge on any atom is -0.508 e. The first-order chi connectivity index (χ1) is 20.3. The Balaban J connectivity index is 1.25. The van der Waals surface area contributed by atoms with Gasteiger partial charge in [-0.25, -0.2) is 0 Å². The number of phenolic OH excluding ortho intramolecular Hbond substituents is 1. The second kappa shape index (κ2) is 12.0. The number of rotatable bonds is 12. The standard InChI is InChI=1S/C36H48N2O4/c1-5-19-37-21-18-36-28-16-17-29(38(24(2)3)20-12-7-6-9-13-26-14-10-8-11-15-26)35(36)42-34-32(41-25(4)39)23-31(40)27(33(34)36)22-30(28)37/h5,8,10-11,14-15,23-24,28-30,35,40H,1,6-7,9,12-13,16-22H2,2-4H3/t28-,29-,30+,35-,36-/m0/s1. The summed E-state index contributed by atoms with van der Waals surface area (Å²) in [5, 5.41) is 11.3. The Hall–Kier alpha value is -2.83. The van der Waals surface area contributed by atoms with Gasteiger partial charge in [0.2, 0.25) is 0 Å². The minimum atomic E-state index is -0.389. The maximum Gasteiger partial charge on any atom is 0.308 e. The Bertz CT molecular complexity index is 1290. The summed E-state index contributed by atoms with van der Waals surface area (Å²) in [7, 11) is 0. The molecule has 5 atom stereocenters. The molecule has 6 nitrogen and oxygen atoms in total. The third-order valence-corrected chi connectivity index (χ3v) is 10.7. The summed E-state index contributed by atoms with van der Waals surface area (Å²) in [4.78, 5) is 17.3. The lowest BCUT2D eigenvalue weighted by atomic mass is 9.50. The third kappa shape index (κ3) is 5.05. The smallest absolute Gasteiger partial charge is 0.308 e. The summed E-state index contributed by atoms with van der Waals surface area (Å²) >= 11 is 0. The summed E-state index contributed by atoms with van der Waals surface area (Å²) in [6, 6.07) is 13.4. The molecule has 4 aliphatic rings. The van der Waals surface area contributed by atoms with Crippen molar-refractivity contribution in [2.45, 2.75) is 108 Å². The number of piperidine rings is 1. The van der Waals surface area contributed by atoms with Crippen LogP contribution in [0.25, 0.3) is 0 Å². The lowest BCUT2D eigenvalue weighted by Crippen LogP contribution is -2.69. The van der Waals surface area contributed by atoms with Gasteiger partial charge in [0, 0.05) is 54.2 Å². The number of ether oxygens (including phenoxy) is 2. The van der Waals surface area contributed by atoms with Gasteiger partial charge in [-0.2, -0.15) is 0 Å². The number of nitrogens with zero attached hydrogens (tertiary/aromatic N) is 2. The molecule has 2 heterocycles. The summed E-state index contributed by atoms with van der Waals surface area (Å²) in [6.45, 7) is 13.0. The van der Waals surface area contributed by atoms with E-state index in [0.29, 0.717) is 29.5 Å². The molecule has 6 rings (SSSR count). The molecule has 42 heavy (non-hydrogen) atoms. The number of carbonyl (C=O) groups is 1. The van der Waals surface area contributed by atoms with E-state index in [0.717, 1.165) is 62.9 Å². The van der Waals surface area contributed by atoms with E-state index in [1.165, 1.54) is 38.2 Å². The van der Waals surface area contributed by atoms with Gasteiger partial charge in [-0.05, 0) is 83.4 Å². The molecule has 226 valence electrons. The predicted molar refractivity (Wildman–Crippen MR) is 166 cm³/mol. The van der Waals surface area contributed by atoms with Crippen LogP contribution in [0.3, 0.4) is 0 Å². The van der Waals surface area contributed by atoms with Crippen molar-refractivity contribution in [1.82, 2.24) is 9.80 Å².